The van der Waals surface area contributed by atoms with Gasteiger partial charge in [-0.25, -0.2) is 4.79 Å². The van der Waals surface area contributed by atoms with Crippen molar-refractivity contribution >= 4 is 11.7 Å². The minimum absolute atomic E-state index is 0.00973. The zero-order chi connectivity index (χ0) is 17.2. The third kappa shape index (κ3) is 3.85. The molecule has 0 fully saturated rings. The molecule has 2 aromatic rings. The van der Waals surface area contributed by atoms with Crippen LogP contribution < -0.4 is 4.74 Å². The number of ether oxygens (including phenoxy) is 1. The number of halogens is 3. The summed E-state index contributed by atoms with van der Waals surface area (Å²) in [6, 6.07) is 7.44. The summed E-state index contributed by atoms with van der Waals surface area (Å²) in [5.74, 6) is -0.972. The zero-order valence-corrected chi connectivity index (χ0v) is 11.8. The van der Waals surface area contributed by atoms with Gasteiger partial charge in [0, 0.05) is 11.6 Å². The van der Waals surface area contributed by atoms with Crippen molar-refractivity contribution in [2.75, 3.05) is 0 Å². The van der Waals surface area contributed by atoms with Crippen molar-refractivity contribution < 1.29 is 27.6 Å². The maximum atomic E-state index is 12.6. The third-order valence-electron chi connectivity index (χ3n) is 3.00. The Morgan fingerprint density at radius 2 is 1.87 bits per heavy atom. The van der Waals surface area contributed by atoms with Gasteiger partial charge in [-0.15, -0.1) is 0 Å². The molecule has 0 aromatic heterocycles. The molecule has 2 aromatic carbocycles. The molecule has 0 saturated carbocycles. The Balaban J connectivity index is 2.23. The van der Waals surface area contributed by atoms with Crippen LogP contribution in [-0.4, -0.2) is 10.9 Å². The Kier molecular flexibility index (Phi) is 4.35. The maximum Gasteiger partial charge on any atom is 0.416 e. The highest BCUT2D eigenvalue weighted by molar-refractivity contribution is 5.91. The topological polar surface area (TPSA) is 69.4 Å². The minimum atomic E-state index is -4.57. The van der Waals surface area contributed by atoms with Crippen LogP contribution in [0.25, 0.3) is 0 Å². The number of benzene rings is 2. The number of nitrogens with zero attached hydrogens (tertiary/aromatic N) is 1. The van der Waals surface area contributed by atoms with E-state index < -0.39 is 22.6 Å². The van der Waals surface area contributed by atoms with Gasteiger partial charge in [-0.1, -0.05) is 6.07 Å². The average Bonchev–Trinajstić information content (AvgIpc) is 2.46. The number of aryl methyl sites for hydroxylation is 1. The summed E-state index contributed by atoms with van der Waals surface area (Å²) in [4.78, 5) is 22.0. The lowest BCUT2D eigenvalue weighted by Gasteiger charge is -2.09. The third-order valence-corrected chi connectivity index (χ3v) is 3.00. The molecule has 0 atom stereocenters. The number of hydrogen-bond acceptors (Lipinski definition) is 4. The van der Waals surface area contributed by atoms with Gasteiger partial charge in [-0.05, 0) is 37.3 Å². The molecule has 2 rings (SSSR count). The molecule has 0 amide bonds. The fourth-order valence-electron chi connectivity index (χ4n) is 1.88. The predicted octanol–water partition coefficient (Wildman–Crippen LogP) is 4.14. The number of carbonyl (C=O) groups is 1. The van der Waals surface area contributed by atoms with Crippen LogP contribution in [0.5, 0.6) is 5.75 Å². The summed E-state index contributed by atoms with van der Waals surface area (Å²) in [6.45, 7) is 1.46. The summed E-state index contributed by atoms with van der Waals surface area (Å²) in [5, 5.41) is 10.7. The van der Waals surface area contributed by atoms with E-state index in [1.807, 2.05) is 0 Å². The van der Waals surface area contributed by atoms with Gasteiger partial charge in [0.05, 0.1) is 16.1 Å². The van der Waals surface area contributed by atoms with Gasteiger partial charge in [0.1, 0.15) is 5.75 Å². The number of esters is 1. The summed E-state index contributed by atoms with van der Waals surface area (Å²) in [7, 11) is 0. The molecule has 0 radical (unpaired) electrons. The Morgan fingerprint density at radius 1 is 1.17 bits per heavy atom. The molecule has 0 heterocycles. The standard InChI is InChI=1S/C15H10F3NO4/c1-9-7-12(5-6-13(9)19(21)22)23-14(20)10-3-2-4-11(8-10)15(16,17)18/h2-8H,1H3. The highest BCUT2D eigenvalue weighted by Crippen LogP contribution is 2.30. The second kappa shape index (κ2) is 6.07. The van der Waals surface area contributed by atoms with E-state index in [4.69, 9.17) is 4.74 Å². The van der Waals surface area contributed by atoms with Crippen molar-refractivity contribution in [3.05, 3.63) is 69.3 Å². The molecule has 120 valence electrons. The largest absolute Gasteiger partial charge is 0.423 e. The molecule has 0 bridgehead atoms. The van der Waals surface area contributed by atoms with E-state index in [1.165, 1.54) is 25.1 Å². The van der Waals surface area contributed by atoms with Crippen LogP contribution in [0.1, 0.15) is 21.5 Å². The molecule has 0 saturated heterocycles. The summed E-state index contributed by atoms with van der Waals surface area (Å²) >= 11 is 0. The first kappa shape index (κ1) is 16.5. The number of rotatable bonds is 3. The van der Waals surface area contributed by atoms with Gasteiger partial charge in [0.15, 0.2) is 0 Å². The van der Waals surface area contributed by atoms with Crippen LogP contribution in [-0.2, 0) is 6.18 Å². The lowest BCUT2D eigenvalue weighted by atomic mass is 10.1. The Bertz CT molecular complexity index is 772. The number of alkyl halides is 3. The Morgan fingerprint density at radius 3 is 2.43 bits per heavy atom. The molecular formula is C15H10F3NO4. The molecule has 23 heavy (non-hydrogen) atoms. The van der Waals surface area contributed by atoms with Gasteiger partial charge in [0.2, 0.25) is 0 Å². The van der Waals surface area contributed by atoms with Crippen LogP contribution in [0.2, 0.25) is 0 Å². The number of hydrogen-bond donors (Lipinski definition) is 0. The highest BCUT2D eigenvalue weighted by atomic mass is 19.4. The quantitative estimate of drug-likeness (QED) is 0.368. The monoisotopic (exact) mass is 325 g/mol. The van der Waals surface area contributed by atoms with Gasteiger partial charge >= 0.3 is 12.1 Å². The summed E-state index contributed by atoms with van der Waals surface area (Å²) in [6.07, 6.45) is -4.57. The highest BCUT2D eigenvalue weighted by Gasteiger charge is 2.31. The van der Waals surface area contributed by atoms with Crippen molar-refractivity contribution in [2.24, 2.45) is 0 Å². The normalized spacial score (nSPS) is 11.1. The molecular weight excluding hydrogens is 315 g/mol. The minimum Gasteiger partial charge on any atom is -0.423 e. The number of nitro benzene ring substituents is 1. The summed E-state index contributed by atoms with van der Waals surface area (Å²) in [5.41, 5.74) is -1.11. The molecule has 0 aliphatic rings. The molecule has 0 aliphatic heterocycles. The van der Waals surface area contributed by atoms with E-state index in [9.17, 15) is 28.1 Å². The SMILES string of the molecule is Cc1cc(OC(=O)c2cccc(C(F)(F)F)c2)ccc1[N+](=O)[O-]. The van der Waals surface area contributed by atoms with Gasteiger partial charge < -0.3 is 4.74 Å². The zero-order valence-electron chi connectivity index (χ0n) is 11.8. The lowest BCUT2D eigenvalue weighted by Crippen LogP contribution is -2.11. The first-order valence-electron chi connectivity index (χ1n) is 6.33. The number of carbonyl (C=O) groups excluding carboxylic acids is 1. The van der Waals surface area contributed by atoms with Crippen LogP contribution in [0, 0.1) is 17.0 Å². The van der Waals surface area contributed by atoms with E-state index in [0.29, 0.717) is 6.07 Å². The molecule has 8 heteroatoms. The van der Waals surface area contributed by atoms with Crippen LogP contribution in [0.4, 0.5) is 18.9 Å². The molecule has 0 spiro atoms. The molecule has 5 nitrogen and oxygen atoms in total. The van der Waals surface area contributed by atoms with Crippen molar-refractivity contribution in [3.63, 3.8) is 0 Å². The van der Waals surface area contributed by atoms with Crippen molar-refractivity contribution in [1.82, 2.24) is 0 Å². The maximum absolute atomic E-state index is 12.6. The van der Waals surface area contributed by atoms with E-state index in [0.717, 1.165) is 18.2 Å². The Hall–Kier alpha value is -2.90. The van der Waals surface area contributed by atoms with Crippen molar-refractivity contribution in [2.45, 2.75) is 13.1 Å². The van der Waals surface area contributed by atoms with E-state index in [1.54, 1.807) is 0 Å². The van der Waals surface area contributed by atoms with Gasteiger partial charge in [-0.2, -0.15) is 13.2 Å². The van der Waals surface area contributed by atoms with E-state index in [-0.39, 0.29) is 22.6 Å². The predicted molar refractivity (Wildman–Crippen MR) is 74.2 cm³/mol. The van der Waals surface area contributed by atoms with E-state index in [2.05, 4.69) is 0 Å². The Labute approximate surface area is 128 Å². The van der Waals surface area contributed by atoms with Crippen molar-refractivity contribution in [1.29, 1.82) is 0 Å². The molecule has 0 unspecified atom stereocenters. The smallest absolute Gasteiger partial charge is 0.416 e. The lowest BCUT2D eigenvalue weighted by molar-refractivity contribution is -0.385. The molecule has 0 N–H and O–H groups in total. The van der Waals surface area contributed by atoms with Gasteiger partial charge in [0.25, 0.3) is 5.69 Å². The van der Waals surface area contributed by atoms with E-state index >= 15 is 0 Å². The first-order chi connectivity index (χ1) is 10.7. The molecule has 0 aliphatic carbocycles. The van der Waals surface area contributed by atoms with Gasteiger partial charge in [-0.3, -0.25) is 10.1 Å². The second-order valence-corrected chi connectivity index (χ2v) is 4.67. The fourth-order valence-corrected chi connectivity index (χ4v) is 1.88. The van der Waals surface area contributed by atoms with Crippen LogP contribution in [0.3, 0.4) is 0 Å². The van der Waals surface area contributed by atoms with Crippen LogP contribution in [0.15, 0.2) is 42.5 Å². The number of nitro groups is 1. The first-order valence-corrected chi connectivity index (χ1v) is 6.33. The van der Waals surface area contributed by atoms with Crippen LogP contribution >= 0.6 is 0 Å². The fraction of sp³-hybridized carbons (Fsp3) is 0.133. The van der Waals surface area contributed by atoms with Crippen molar-refractivity contribution in [3.8, 4) is 5.75 Å². The average molecular weight is 325 g/mol. The second-order valence-electron chi connectivity index (χ2n) is 4.67. The summed E-state index contributed by atoms with van der Waals surface area (Å²) < 4.78 is 42.8.